The third kappa shape index (κ3) is 4.50. The van der Waals surface area contributed by atoms with Gasteiger partial charge in [0, 0.05) is 12.6 Å². The summed E-state index contributed by atoms with van der Waals surface area (Å²) in [7, 11) is 1.71. The van der Waals surface area contributed by atoms with E-state index in [1.54, 1.807) is 7.11 Å². The highest BCUT2D eigenvalue weighted by atomic mass is 79.9. The number of halogens is 1. The fourth-order valence-electron chi connectivity index (χ4n) is 2.30. The Hall–Kier alpha value is -0.540. The van der Waals surface area contributed by atoms with Gasteiger partial charge in [-0.2, -0.15) is 0 Å². The van der Waals surface area contributed by atoms with Gasteiger partial charge in [0.05, 0.1) is 11.6 Å². The molecular weight excluding hydrogens is 302 g/mol. The summed E-state index contributed by atoms with van der Waals surface area (Å²) < 4.78 is 6.33. The highest BCUT2D eigenvalue weighted by Gasteiger charge is 2.28. The first-order chi connectivity index (χ1) is 9.10. The van der Waals surface area contributed by atoms with E-state index >= 15 is 0 Å². The molecule has 2 nitrogen and oxygen atoms in total. The lowest BCUT2D eigenvalue weighted by atomic mass is 10.1. The summed E-state index contributed by atoms with van der Waals surface area (Å²) in [6.45, 7) is 6.87. The molecule has 3 heteroatoms. The van der Waals surface area contributed by atoms with Gasteiger partial charge >= 0.3 is 0 Å². The van der Waals surface area contributed by atoms with E-state index in [1.807, 2.05) is 6.07 Å². The number of benzene rings is 1. The van der Waals surface area contributed by atoms with E-state index in [9.17, 15) is 0 Å². The number of methoxy groups -OCH3 is 1. The Kier molecular flexibility index (Phi) is 5.28. The minimum Gasteiger partial charge on any atom is -0.496 e. The zero-order chi connectivity index (χ0) is 13.8. The number of hydrogen-bond donors (Lipinski definition) is 0. The summed E-state index contributed by atoms with van der Waals surface area (Å²) in [4.78, 5) is 2.63. The topological polar surface area (TPSA) is 12.5 Å². The van der Waals surface area contributed by atoms with Gasteiger partial charge in [-0.1, -0.05) is 19.9 Å². The fraction of sp³-hybridized carbons (Fsp3) is 0.625. The lowest BCUT2D eigenvalue weighted by Gasteiger charge is -2.23. The van der Waals surface area contributed by atoms with Crippen LogP contribution in [0.1, 0.15) is 38.7 Å². The van der Waals surface area contributed by atoms with Crippen LogP contribution in [0.4, 0.5) is 0 Å². The molecule has 0 unspecified atom stereocenters. The van der Waals surface area contributed by atoms with E-state index in [4.69, 9.17) is 4.74 Å². The molecule has 1 aliphatic carbocycles. The second-order valence-electron chi connectivity index (χ2n) is 5.85. The summed E-state index contributed by atoms with van der Waals surface area (Å²) in [5.41, 5.74) is 1.36. The Bertz CT molecular complexity index is 415. The molecule has 0 heterocycles. The number of nitrogens with zero attached hydrogens (tertiary/aromatic N) is 1. The number of rotatable bonds is 7. The molecule has 0 aromatic heterocycles. The molecule has 106 valence electrons. The summed E-state index contributed by atoms with van der Waals surface area (Å²) in [6.07, 6.45) is 4.03. The van der Waals surface area contributed by atoms with E-state index in [1.165, 1.54) is 31.4 Å². The minimum absolute atomic E-state index is 0.781. The number of hydrogen-bond acceptors (Lipinski definition) is 2. The molecule has 2 rings (SSSR count). The van der Waals surface area contributed by atoms with E-state index < -0.39 is 0 Å². The molecule has 0 atom stereocenters. The molecule has 0 N–H and O–H groups in total. The summed E-state index contributed by atoms with van der Waals surface area (Å²) in [5, 5.41) is 0. The molecule has 0 bridgehead atoms. The Morgan fingerprint density at radius 3 is 2.63 bits per heavy atom. The highest BCUT2D eigenvalue weighted by molar-refractivity contribution is 9.10. The van der Waals surface area contributed by atoms with Crippen LogP contribution >= 0.6 is 15.9 Å². The van der Waals surface area contributed by atoms with Crippen LogP contribution in [0.15, 0.2) is 22.7 Å². The van der Waals surface area contributed by atoms with Crippen LogP contribution < -0.4 is 4.74 Å². The maximum Gasteiger partial charge on any atom is 0.133 e. The average Bonchev–Trinajstić information content (AvgIpc) is 3.18. The molecule has 1 saturated carbocycles. The molecule has 1 aromatic rings. The summed E-state index contributed by atoms with van der Waals surface area (Å²) in [5.74, 6) is 1.69. The van der Waals surface area contributed by atoms with Gasteiger partial charge in [-0.05, 0) is 65.4 Å². The van der Waals surface area contributed by atoms with Crippen molar-refractivity contribution in [2.75, 3.05) is 13.7 Å². The molecule has 1 aromatic carbocycles. The lowest BCUT2D eigenvalue weighted by molar-refractivity contribution is 0.239. The molecule has 0 saturated heterocycles. The molecule has 0 amide bonds. The third-order valence-corrected chi connectivity index (χ3v) is 4.28. The van der Waals surface area contributed by atoms with Crippen molar-refractivity contribution in [3.8, 4) is 5.75 Å². The zero-order valence-corrected chi connectivity index (χ0v) is 13.7. The first-order valence-corrected chi connectivity index (χ1v) is 7.96. The fourth-order valence-corrected chi connectivity index (χ4v) is 2.89. The first kappa shape index (κ1) is 14.9. The molecular formula is C16H24BrNO. The van der Waals surface area contributed by atoms with Crippen LogP contribution in [-0.2, 0) is 6.54 Å². The Labute approximate surface area is 125 Å². The minimum atomic E-state index is 0.781. The largest absolute Gasteiger partial charge is 0.496 e. The molecule has 0 spiro atoms. The van der Waals surface area contributed by atoms with Crippen molar-refractivity contribution in [1.29, 1.82) is 0 Å². The summed E-state index contributed by atoms with van der Waals surface area (Å²) in [6, 6.07) is 7.23. The monoisotopic (exact) mass is 325 g/mol. The second kappa shape index (κ2) is 6.76. The SMILES string of the molecule is COc1ccc(CN(CCC(C)C)C2CC2)cc1Br. The summed E-state index contributed by atoms with van der Waals surface area (Å²) >= 11 is 3.57. The Balaban J connectivity index is 1.98. The molecule has 1 aliphatic rings. The van der Waals surface area contributed by atoms with Crippen molar-refractivity contribution in [3.05, 3.63) is 28.2 Å². The van der Waals surface area contributed by atoms with Crippen molar-refractivity contribution in [2.24, 2.45) is 5.92 Å². The van der Waals surface area contributed by atoms with E-state index in [-0.39, 0.29) is 0 Å². The van der Waals surface area contributed by atoms with Crippen molar-refractivity contribution < 1.29 is 4.74 Å². The van der Waals surface area contributed by atoms with E-state index in [0.29, 0.717) is 0 Å². The van der Waals surface area contributed by atoms with E-state index in [2.05, 4.69) is 46.8 Å². The maximum absolute atomic E-state index is 5.28. The Morgan fingerprint density at radius 2 is 2.11 bits per heavy atom. The molecule has 0 radical (unpaired) electrons. The van der Waals surface area contributed by atoms with Gasteiger partial charge in [0.1, 0.15) is 5.75 Å². The predicted molar refractivity (Wildman–Crippen MR) is 83.6 cm³/mol. The quantitative estimate of drug-likeness (QED) is 0.733. The van der Waals surface area contributed by atoms with Crippen molar-refractivity contribution >= 4 is 15.9 Å². The number of ether oxygens (including phenoxy) is 1. The van der Waals surface area contributed by atoms with Crippen LogP contribution in [0, 0.1) is 5.92 Å². The van der Waals surface area contributed by atoms with Crippen LogP contribution in [-0.4, -0.2) is 24.6 Å². The third-order valence-electron chi connectivity index (χ3n) is 3.66. The van der Waals surface area contributed by atoms with Crippen molar-refractivity contribution in [1.82, 2.24) is 4.90 Å². The molecule has 0 aliphatic heterocycles. The van der Waals surface area contributed by atoms with Crippen LogP contribution in [0.3, 0.4) is 0 Å². The second-order valence-corrected chi connectivity index (χ2v) is 6.71. The standard InChI is InChI=1S/C16H24BrNO/c1-12(2)8-9-18(14-5-6-14)11-13-4-7-16(19-3)15(17)10-13/h4,7,10,12,14H,5-6,8-9,11H2,1-3H3. The Morgan fingerprint density at radius 1 is 1.37 bits per heavy atom. The first-order valence-electron chi connectivity index (χ1n) is 7.16. The van der Waals surface area contributed by atoms with Gasteiger partial charge in [0.15, 0.2) is 0 Å². The van der Waals surface area contributed by atoms with Crippen LogP contribution in [0.5, 0.6) is 5.75 Å². The molecule has 19 heavy (non-hydrogen) atoms. The maximum atomic E-state index is 5.28. The lowest BCUT2D eigenvalue weighted by Crippen LogP contribution is -2.27. The van der Waals surface area contributed by atoms with Gasteiger partial charge in [-0.15, -0.1) is 0 Å². The smallest absolute Gasteiger partial charge is 0.133 e. The van der Waals surface area contributed by atoms with Gasteiger partial charge in [-0.25, -0.2) is 0 Å². The highest BCUT2D eigenvalue weighted by Crippen LogP contribution is 2.31. The van der Waals surface area contributed by atoms with Crippen molar-refractivity contribution in [2.45, 2.75) is 45.7 Å². The van der Waals surface area contributed by atoms with Gasteiger partial charge in [-0.3, -0.25) is 4.90 Å². The van der Waals surface area contributed by atoms with Crippen LogP contribution in [0.25, 0.3) is 0 Å². The average molecular weight is 326 g/mol. The van der Waals surface area contributed by atoms with Crippen LogP contribution in [0.2, 0.25) is 0 Å². The van der Waals surface area contributed by atoms with Crippen molar-refractivity contribution in [3.63, 3.8) is 0 Å². The normalized spacial score (nSPS) is 15.3. The molecule has 1 fully saturated rings. The predicted octanol–water partition coefficient (Wildman–Crippen LogP) is 4.47. The van der Waals surface area contributed by atoms with Gasteiger partial charge in [0.2, 0.25) is 0 Å². The van der Waals surface area contributed by atoms with E-state index in [0.717, 1.165) is 28.7 Å². The zero-order valence-electron chi connectivity index (χ0n) is 12.2. The van der Waals surface area contributed by atoms with Gasteiger partial charge in [0.25, 0.3) is 0 Å². The van der Waals surface area contributed by atoms with Gasteiger partial charge < -0.3 is 4.74 Å².